The Hall–Kier alpha value is -0.730. The third-order valence-electron chi connectivity index (χ3n) is 3.70. The molecule has 1 aliphatic rings. The number of amides is 1. The summed E-state index contributed by atoms with van der Waals surface area (Å²) in [7, 11) is 0. The fourth-order valence-electron chi connectivity index (χ4n) is 2.43. The molecule has 19 heavy (non-hydrogen) atoms. The summed E-state index contributed by atoms with van der Waals surface area (Å²) in [5, 5.41) is 0. The molecule has 1 saturated carbocycles. The molecule has 0 aromatic heterocycles. The van der Waals surface area contributed by atoms with Crippen LogP contribution in [-0.4, -0.2) is 30.2 Å². The highest BCUT2D eigenvalue weighted by atomic mass is 16.6. The van der Waals surface area contributed by atoms with Crippen molar-refractivity contribution in [3.63, 3.8) is 0 Å². The molecule has 1 aliphatic carbocycles. The van der Waals surface area contributed by atoms with E-state index in [4.69, 9.17) is 4.74 Å². The summed E-state index contributed by atoms with van der Waals surface area (Å²) in [6.07, 6.45) is 7.86. The number of hydrogen-bond acceptors (Lipinski definition) is 2. The number of carbonyl (C=O) groups excluding carboxylic acids is 1. The van der Waals surface area contributed by atoms with Gasteiger partial charge in [0.15, 0.2) is 0 Å². The third-order valence-corrected chi connectivity index (χ3v) is 3.70. The molecule has 0 radical (unpaired) electrons. The summed E-state index contributed by atoms with van der Waals surface area (Å²) in [6.45, 7) is 10.4. The Labute approximate surface area is 118 Å². The SMILES string of the molecule is CCCN(CCC(C)(C)C)C(=O)OC1CCCCC1. The van der Waals surface area contributed by atoms with Gasteiger partial charge >= 0.3 is 6.09 Å². The van der Waals surface area contributed by atoms with E-state index >= 15 is 0 Å². The Morgan fingerprint density at radius 2 is 1.79 bits per heavy atom. The third kappa shape index (κ3) is 6.84. The second kappa shape index (κ2) is 7.76. The monoisotopic (exact) mass is 269 g/mol. The van der Waals surface area contributed by atoms with Gasteiger partial charge in [-0.2, -0.15) is 0 Å². The molecule has 0 N–H and O–H groups in total. The zero-order chi connectivity index (χ0) is 14.3. The molecule has 3 nitrogen and oxygen atoms in total. The van der Waals surface area contributed by atoms with E-state index in [1.54, 1.807) is 0 Å². The zero-order valence-electron chi connectivity index (χ0n) is 13.2. The first-order valence-corrected chi connectivity index (χ1v) is 7.88. The van der Waals surface area contributed by atoms with Crippen LogP contribution in [0.15, 0.2) is 0 Å². The molecule has 1 fully saturated rings. The van der Waals surface area contributed by atoms with E-state index in [1.165, 1.54) is 19.3 Å². The van der Waals surface area contributed by atoms with Gasteiger partial charge in [-0.05, 0) is 43.9 Å². The number of carbonyl (C=O) groups is 1. The molecule has 0 spiro atoms. The maximum Gasteiger partial charge on any atom is 0.410 e. The van der Waals surface area contributed by atoms with Crippen LogP contribution in [0.1, 0.15) is 72.6 Å². The van der Waals surface area contributed by atoms with Crippen molar-refractivity contribution in [3.8, 4) is 0 Å². The maximum atomic E-state index is 12.2. The van der Waals surface area contributed by atoms with Gasteiger partial charge in [0.25, 0.3) is 0 Å². The van der Waals surface area contributed by atoms with E-state index in [0.29, 0.717) is 0 Å². The molecule has 0 saturated heterocycles. The molecule has 0 atom stereocenters. The van der Waals surface area contributed by atoms with Crippen LogP contribution in [0.25, 0.3) is 0 Å². The van der Waals surface area contributed by atoms with Crippen LogP contribution < -0.4 is 0 Å². The van der Waals surface area contributed by atoms with Crippen molar-refractivity contribution in [3.05, 3.63) is 0 Å². The van der Waals surface area contributed by atoms with Gasteiger partial charge in [-0.15, -0.1) is 0 Å². The summed E-state index contributed by atoms with van der Waals surface area (Å²) in [4.78, 5) is 14.1. The molecule has 0 unspecified atom stereocenters. The summed E-state index contributed by atoms with van der Waals surface area (Å²) in [5.41, 5.74) is 0.261. The van der Waals surface area contributed by atoms with Gasteiger partial charge in [-0.3, -0.25) is 0 Å². The van der Waals surface area contributed by atoms with Gasteiger partial charge in [-0.1, -0.05) is 34.1 Å². The molecule has 112 valence electrons. The molecule has 0 heterocycles. The second-order valence-corrected chi connectivity index (χ2v) is 6.94. The largest absolute Gasteiger partial charge is 0.446 e. The van der Waals surface area contributed by atoms with Crippen molar-refractivity contribution < 1.29 is 9.53 Å². The topological polar surface area (TPSA) is 29.5 Å². The number of rotatable bonds is 5. The Kier molecular flexibility index (Phi) is 6.67. The first-order chi connectivity index (χ1) is 8.92. The molecule has 0 aliphatic heterocycles. The van der Waals surface area contributed by atoms with Crippen molar-refractivity contribution in [1.29, 1.82) is 0 Å². The molecule has 0 aromatic carbocycles. The molecule has 3 heteroatoms. The van der Waals surface area contributed by atoms with E-state index in [9.17, 15) is 4.79 Å². The van der Waals surface area contributed by atoms with Gasteiger partial charge in [0, 0.05) is 13.1 Å². The number of hydrogen-bond donors (Lipinski definition) is 0. The fraction of sp³-hybridized carbons (Fsp3) is 0.938. The molecular formula is C16H31NO2. The predicted octanol–water partition coefficient (Wildman–Crippen LogP) is 4.60. The normalized spacial score (nSPS) is 17.3. The van der Waals surface area contributed by atoms with Gasteiger partial charge < -0.3 is 9.64 Å². The minimum Gasteiger partial charge on any atom is -0.446 e. The van der Waals surface area contributed by atoms with Crippen LogP contribution in [-0.2, 0) is 4.74 Å². The van der Waals surface area contributed by atoms with Gasteiger partial charge in [-0.25, -0.2) is 4.79 Å². The van der Waals surface area contributed by atoms with E-state index in [2.05, 4.69) is 27.7 Å². The van der Waals surface area contributed by atoms with Gasteiger partial charge in [0.1, 0.15) is 6.10 Å². The lowest BCUT2D eigenvalue weighted by Gasteiger charge is -2.29. The first kappa shape index (κ1) is 16.3. The minimum absolute atomic E-state index is 0.0991. The van der Waals surface area contributed by atoms with E-state index in [-0.39, 0.29) is 17.6 Å². The van der Waals surface area contributed by atoms with Gasteiger partial charge in [0.2, 0.25) is 0 Å². The van der Waals surface area contributed by atoms with Crippen molar-refractivity contribution in [2.45, 2.75) is 78.7 Å². The Balaban J connectivity index is 2.42. The van der Waals surface area contributed by atoms with Crippen molar-refractivity contribution in [2.75, 3.05) is 13.1 Å². The molecule has 0 bridgehead atoms. The van der Waals surface area contributed by atoms with E-state index < -0.39 is 0 Å². The molecular weight excluding hydrogens is 238 g/mol. The summed E-state index contributed by atoms with van der Waals surface area (Å²) in [6, 6.07) is 0. The summed E-state index contributed by atoms with van der Waals surface area (Å²) in [5.74, 6) is 0. The Morgan fingerprint density at radius 1 is 1.16 bits per heavy atom. The Morgan fingerprint density at radius 3 is 2.32 bits per heavy atom. The van der Waals surface area contributed by atoms with E-state index in [1.807, 2.05) is 4.90 Å². The lowest BCUT2D eigenvalue weighted by molar-refractivity contribution is 0.0436. The maximum absolute atomic E-state index is 12.2. The highest BCUT2D eigenvalue weighted by Crippen LogP contribution is 2.22. The van der Waals surface area contributed by atoms with Crippen LogP contribution in [0.5, 0.6) is 0 Å². The fourth-order valence-corrected chi connectivity index (χ4v) is 2.43. The highest BCUT2D eigenvalue weighted by Gasteiger charge is 2.22. The predicted molar refractivity (Wildman–Crippen MR) is 79.3 cm³/mol. The standard InChI is InChI=1S/C16H31NO2/c1-5-12-17(13-11-16(2,3)4)15(18)19-14-9-7-6-8-10-14/h14H,5-13H2,1-4H3. The van der Waals surface area contributed by atoms with Crippen LogP contribution >= 0.6 is 0 Å². The minimum atomic E-state index is -0.0991. The van der Waals surface area contributed by atoms with Crippen molar-refractivity contribution in [1.82, 2.24) is 4.90 Å². The lowest BCUT2D eigenvalue weighted by atomic mass is 9.92. The Bertz CT molecular complexity index is 264. The average Bonchev–Trinajstić information content (AvgIpc) is 2.34. The average molecular weight is 269 g/mol. The summed E-state index contributed by atoms with van der Waals surface area (Å²) < 4.78 is 5.66. The summed E-state index contributed by atoms with van der Waals surface area (Å²) >= 11 is 0. The van der Waals surface area contributed by atoms with Crippen LogP contribution in [0.4, 0.5) is 4.79 Å². The van der Waals surface area contributed by atoms with Crippen LogP contribution in [0.2, 0.25) is 0 Å². The van der Waals surface area contributed by atoms with Crippen LogP contribution in [0, 0.1) is 5.41 Å². The quantitative estimate of drug-likeness (QED) is 0.729. The lowest BCUT2D eigenvalue weighted by Crippen LogP contribution is -2.37. The smallest absolute Gasteiger partial charge is 0.410 e. The second-order valence-electron chi connectivity index (χ2n) is 6.94. The number of nitrogens with zero attached hydrogens (tertiary/aromatic N) is 1. The molecule has 0 aromatic rings. The first-order valence-electron chi connectivity index (χ1n) is 7.88. The number of ether oxygens (including phenoxy) is 1. The van der Waals surface area contributed by atoms with E-state index in [0.717, 1.165) is 38.8 Å². The zero-order valence-corrected chi connectivity index (χ0v) is 13.2. The van der Waals surface area contributed by atoms with Crippen molar-refractivity contribution in [2.24, 2.45) is 5.41 Å². The molecule has 1 amide bonds. The van der Waals surface area contributed by atoms with Crippen LogP contribution in [0.3, 0.4) is 0 Å². The molecule has 1 rings (SSSR count). The highest BCUT2D eigenvalue weighted by molar-refractivity contribution is 5.67. The van der Waals surface area contributed by atoms with Gasteiger partial charge in [0.05, 0.1) is 0 Å². The van der Waals surface area contributed by atoms with Crippen molar-refractivity contribution >= 4 is 6.09 Å².